The number of Topliss-reactive ketones (excluding diaryl/α,β-unsaturated/α-hetero) is 4. The molecule has 6 saturated heterocycles. The van der Waals surface area contributed by atoms with Gasteiger partial charge in [-0.2, -0.15) is 0 Å². The standard InChI is InChI=1S/C42H64N4O8.C41H61FN4O9/c1-12-32-42(13-2)35(46(40(50)54-42)20-15-14-19-45-23-44-31-17-16-18-43-37(31)45)28(7)33(47)25(4)22-41(10,11)36(29(8)34(48)30(9)38(49)52-32)53-39-27(6)24(3)21-26(5)51-39;1-11-29-41(12-2)32(46(38(51)55-41)19-14-13-18-45-22-44-28-16-15-17-43-35(28)45)26(6)30(47)24(4)21-39(8,9)34(27(7)33(49)40(10,42)37(50)53-29)54-36-31(48)23(3)20-25(5)52-36/h16-18,23-30,32,35-36,39H,12-15,19-22H2,1-11H3;15-17,22-27,29,31-32,34,36,48H,11-14,18-21H2,1-10H3/t24-,25+,26+,27+,28-,29-,30+,32+,35+,36+,39?,42+;23-,24+,25+,26-,27-,29+,31+,32+,34+,36?,40-,41+/m00/s1. The highest BCUT2D eigenvalue weighted by molar-refractivity contribution is 6.08. The van der Waals surface area contributed by atoms with Gasteiger partial charge in [0.15, 0.2) is 46.6 Å². The number of halogens is 1. The lowest BCUT2D eigenvalue weighted by molar-refractivity contribution is -0.284. The lowest BCUT2D eigenvalue weighted by Crippen LogP contribution is -2.60. The van der Waals surface area contributed by atoms with Gasteiger partial charge in [0.05, 0.1) is 49.2 Å². The number of ether oxygens (including phenoxy) is 8. The van der Waals surface area contributed by atoms with Crippen LogP contribution >= 0.6 is 0 Å². The van der Waals surface area contributed by atoms with Gasteiger partial charge >= 0.3 is 24.1 Å². The number of unbranched alkanes of at least 4 members (excludes halogenated alkanes) is 2. The number of pyridine rings is 2. The average Bonchev–Trinajstić information content (AvgIpc) is 1.61. The summed E-state index contributed by atoms with van der Waals surface area (Å²) in [5, 5.41) is 11.1. The van der Waals surface area contributed by atoms with E-state index in [1.807, 2.05) is 123 Å². The average molecular weight is 1530 g/mol. The second-order valence-corrected chi connectivity index (χ2v) is 34.4. The third-order valence-electron chi connectivity index (χ3n) is 25.3. The predicted molar refractivity (Wildman–Crippen MR) is 405 cm³/mol. The topological polar surface area (TPSA) is 299 Å². The third-order valence-corrected chi connectivity index (χ3v) is 25.3. The van der Waals surface area contributed by atoms with Crippen molar-refractivity contribution in [3.05, 3.63) is 49.3 Å². The fourth-order valence-electron chi connectivity index (χ4n) is 19.3. The zero-order valence-corrected chi connectivity index (χ0v) is 68.5. The van der Waals surface area contributed by atoms with Gasteiger partial charge in [-0.25, -0.2) is 38.7 Å². The first-order valence-corrected chi connectivity index (χ1v) is 40.3. The van der Waals surface area contributed by atoms with E-state index in [1.165, 1.54) is 6.92 Å². The summed E-state index contributed by atoms with van der Waals surface area (Å²) in [6.45, 7) is 40.1. The molecule has 10 heterocycles. The number of hydrogen-bond acceptors (Lipinski definition) is 21. The van der Waals surface area contributed by atoms with E-state index in [1.54, 1.807) is 62.5 Å². The molecule has 606 valence electrons. The Bertz CT molecular complexity index is 3860. The molecule has 4 aromatic rings. The number of nitrogens with zero attached hydrogens (tertiary/aromatic N) is 8. The number of cyclic esters (lactones) is 2. The number of alkyl halides is 1. The van der Waals surface area contributed by atoms with E-state index in [0.29, 0.717) is 70.5 Å². The maximum Gasteiger partial charge on any atom is 0.410 e. The van der Waals surface area contributed by atoms with Crippen LogP contribution in [0.3, 0.4) is 0 Å². The monoisotopic (exact) mass is 1520 g/mol. The number of rotatable bonds is 18. The molecular formula is C83H125FN8O17. The lowest BCUT2D eigenvalue weighted by Gasteiger charge is -2.46. The molecule has 109 heavy (non-hydrogen) atoms. The van der Waals surface area contributed by atoms with Crippen molar-refractivity contribution in [2.24, 2.45) is 70.0 Å². The van der Waals surface area contributed by atoms with Crippen LogP contribution in [-0.2, 0) is 79.8 Å². The van der Waals surface area contributed by atoms with E-state index in [2.05, 4.69) is 33.8 Å². The summed E-state index contributed by atoms with van der Waals surface area (Å²) >= 11 is 0. The first-order chi connectivity index (χ1) is 51.3. The summed E-state index contributed by atoms with van der Waals surface area (Å²) < 4.78 is 71.0. The van der Waals surface area contributed by atoms with Crippen LogP contribution < -0.4 is 0 Å². The quantitative estimate of drug-likeness (QED) is 0.0419. The number of aryl methyl sites for hydroxylation is 2. The van der Waals surface area contributed by atoms with Crippen molar-refractivity contribution in [2.45, 2.75) is 320 Å². The predicted octanol–water partition coefficient (Wildman–Crippen LogP) is 13.6. The highest BCUT2D eigenvalue weighted by atomic mass is 19.1. The largest absolute Gasteiger partial charge is 0.457 e. The SMILES string of the molecule is CC[C@H]1OC(=O)[C@@](C)(F)C(=O)[C@H](C)[C@@H](OC2O[C@H](C)C[C@H](C)[C@H]2O)C(C)(C)C[C@@H](C)C(=O)[C@H](C)[C@H]2N(CCCCn3cnc4cccnc43)C(=O)O[C@]12CC.CC[C@H]1OC(=O)[C@H](C)C(=O)[C@H](C)[C@@H](OC2O[C@H](C)C[C@H](C)[C@H]2C)C(C)(C)C[C@@H](C)C(=O)[C@H](C)[C@H]2N(CCCCn3cnc4cccnc43)C(=O)O[C@]12CC. The minimum atomic E-state index is -3.10. The molecule has 0 bridgehead atoms. The van der Waals surface area contributed by atoms with Crippen LogP contribution in [0, 0.1) is 70.0 Å². The van der Waals surface area contributed by atoms with Crippen molar-refractivity contribution in [3.63, 3.8) is 0 Å². The summed E-state index contributed by atoms with van der Waals surface area (Å²) in [6.07, 6.45) is 4.78. The van der Waals surface area contributed by atoms with Crippen LogP contribution in [0.1, 0.15) is 222 Å². The molecule has 0 aromatic carbocycles. The Morgan fingerprint density at radius 2 is 0.954 bits per heavy atom. The van der Waals surface area contributed by atoms with Gasteiger partial charge in [-0.05, 0) is 152 Å². The third kappa shape index (κ3) is 17.7. The van der Waals surface area contributed by atoms with E-state index < -0.39 is 154 Å². The van der Waals surface area contributed by atoms with Crippen LogP contribution in [0.15, 0.2) is 49.3 Å². The van der Waals surface area contributed by atoms with Crippen molar-refractivity contribution in [3.8, 4) is 0 Å². The number of aliphatic hydroxyl groups excluding tert-OH is 1. The van der Waals surface area contributed by atoms with E-state index in [-0.39, 0.29) is 67.2 Å². The summed E-state index contributed by atoms with van der Waals surface area (Å²) in [7, 11) is 0. The van der Waals surface area contributed by atoms with Crippen LogP contribution in [-0.4, -0.2) is 189 Å². The van der Waals surface area contributed by atoms with E-state index in [0.717, 1.165) is 42.1 Å². The number of ketones is 4. The van der Waals surface area contributed by atoms with Gasteiger partial charge in [0, 0.05) is 80.0 Å². The fraction of sp³-hybridized carbons (Fsp3) is 0.759. The first-order valence-electron chi connectivity index (χ1n) is 40.3. The van der Waals surface area contributed by atoms with Gasteiger partial charge in [-0.1, -0.05) is 118 Å². The molecule has 0 spiro atoms. The summed E-state index contributed by atoms with van der Waals surface area (Å²) in [5.74, 6) is -8.80. The molecule has 6 aliphatic heterocycles. The number of aromatic nitrogens is 6. The molecule has 0 radical (unpaired) electrons. The molecule has 0 saturated carbocycles. The molecule has 6 fully saturated rings. The van der Waals surface area contributed by atoms with Gasteiger partial charge < -0.3 is 61.9 Å². The van der Waals surface area contributed by atoms with Crippen molar-refractivity contribution in [2.75, 3.05) is 13.1 Å². The van der Waals surface area contributed by atoms with E-state index in [9.17, 15) is 43.5 Å². The van der Waals surface area contributed by atoms with Crippen molar-refractivity contribution in [1.29, 1.82) is 0 Å². The van der Waals surface area contributed by atoms with Crippen molar-refractivity contribution >= 4 is 69.6 Å². The van der Waals surface area contributed by atoms with E-state index in [4.69, 9.17) is 37.9 Å². The molecule has 24 atom stereocenters. The Labute approximate surface area is 643 Å². The molecule has 26 heteroatoms. The van der Waals surface area contributed by atoms with Gasteiger partial charge in [-0.15, -0.1) is 0 Å². The summed E-state index contributed by atoms with van der Waals surface area (Å²) in [5.41, 5.74) is -4.37. The van der Waals surface area contributed by atoms with Gasteiger partial charge in [0.25, 0.3) is 5.67 Å². The molecule has 2 amide bonds. The lowest BCUT2D eigenvalue weighted by atomic mass is 9.68. The van der Waals surface area contributed by atoms with Crippen LogP contribution in [0.4, 0.5) is 14.0 Å². The Kier molecular flexibility index (Phi) is 27.7. The Balaban J connectivity index is 0.000000251. The van der Waals surface area contributed by atoms with Gasteiger partial charge in [0.1, 0.15) is 46.8 Å². The highest BCUT2D eigenvalue weighted by Crippen LogP contribution is 2.49. The van der Waals surface area contributed by atoms with Crippen LogP contribution in [0.25, 0.3) is 22.3 Å². The number of hydrogen-bond donors (Lipinski definition) is 1. The molecule has 2 unspecified atom stereocenters. The molecular weight excluding hydrogens is 1400 g/mol. The number of imidazole rings is 2. The zero-order chi connectivity index (χ0) is 80.3. The van der Waals surface area contributed by atoms with E-state index >= 15 is 4.39 Å². The maximum absolute atomic E-state index is 16.8. The Morgan fingerprint density at radius 3 is 1.41 bits per heavy atom. The minimum Gasteiger partial charge on any atom is -0.457 e. The maximum atomic E-state index is 16.8. The second kappa shape index (κ2) is 35.0. The number of carbonyl (C=O) groups excluding carboxylic acids is 8. The van der Waals surface area contributed by atoms with Crippen molar-refractivity contribution in [1.82, 2.24) is 38.9 Å². The summed E-state index contributed by atoms with van der Waals surface area (Å²) in [6, 6.07) is 5.94. The number of aliphatic hydroxyl groups is 1. The number of amides is 2. The summed E-state index contributed by atoms with van der Waals surface area (Å²) in [4.78, 5) is 134. The number of carbonyl (C=O) groups is 8. The normalized spacial score (nSPS) is 37.3. The van der Waals surface area contributed by atoms with Gasteiger partial charge in [0.2, 0.25) is 0 Å². The Morgan fingerprint density at radius 1 is 0.532 bits per heavy atom. The van der Waals surface area contributed by atoms with Crippen LogP contribution in [0.5, 0.6) is 0 Å². The van der Waals surface area contributed by atoms with Gasteiger partial charge in [-0.3, -0.25) is 24.0 Å². The van der Waals surface area contributed by atoms with Crippen molar-refractivity contribution < 1.29 is 85.7 Å². The molecule has 1 N–H and O–H groups in total. The number of fused-ring (bicyclic) bond motifs is 4. The molecule has 4 aromatic heterocycles. The molecule has 0 aliphatic carbocycles. The Hall–Kier alpha value is -6.87. The number of esters is 2. The smallest absolute Gasteiger partial charge is 0.410 e. The second-order valence-electron chi connectivity index (χ2n) is 34.4. The zero-order valence-electron chi connectivity index (χ0n) is 68.5. The molecule has 6 aliphatic rings. The molecule has 10 rings (SSSR count). The molecule has 25 nitrogen and oxygen atoms in total. The minimum absolute atomic E-state index is 0.00373. The highest BCUT2D eigenvalue weighted by Gasteiger charge is 2.65. The first kappa shape index (κ1) is 86.1. The fourth-order valence-corrected chi connectivity index (χ4v) is 19.3. The van der Waals surface area contributed by atoms with Crippen LogP contribution in [0.2, 0.25) is 0 Å².